The molecule has 0 aromatic carbocycles. The van der Waals surface area contributed by atoms with E-state index in [0.717, 1.165) is 57.8 Å². The Morgan fingerprint density at radius 3 is 0.851 bits per heavy atom. The van der Waals surface area contributed by atoms with E-state index in [2.05, 4.69) is 20.8 Å². The molecule has 0 radical (unpaired) electrons. The summed E-state index contributed by atoms with van der Waals surface area (Å²) in [4.78, 5) is 37.3. The Morgan fingerprint density at radius 2 is 0.574 bits per heavy atom. The van der Waals surface area contributed by atoms with Crippen LogP contribution in [0, 0.1) is 0 Å². The molecule has 0 unspecified atom stereocenters. The fourth-order valence-electron chi connectivity index (χ4n) is 5.97. The van der Waals surface area contributed by atoms with E-state index in [1.807, 2.05) is 0 Å². The molecule has 0 aliphatic rings. The standard InChI is InChI=1S/C41H78O6/c1-4-7-10-13-16-18-19-20-21-23-26-28-31-34-40(43)46-37-38(47-41(44)35-32-29-24-15-12-9-6-3)36-45-39(42)33-30-27-25-22-17-14-11-8-5-2/h38H,4-37H2,1-3H3/t38-/m1/s1. The minimum Gasteiger partial charge on any atom is -0.462 e. The number of hydrogen-bond donors (Lipinski definition) is 0. The van der Waals surface area contributed by atoms with Crippen molar-refractivity contribution >= 4 is 17.9 Å². The molecule has 0 spiro atoms. The van der Waals surface area contributed by atoms with E-state index in [1.165, 1.54) is 128 Å². The molecule has 0 amide bonds. The summed E-state index contributed by atoms with van der Waals surface area (Å²) in [6, 6.07) is 0. The molecule has 0 rings (SSSR count). The summed E-state index contributed by atoms with van der Waals surface area (Å²) in [5.41, 5.74) is 0. The predicted octanol–water partition coefficient (Wildman–Crippen LogP) is 12.5. The molecule has 0 aromatic heterocycles. The molecule has 0 aliphatic carbocycles. The van der Waals surface area contributed by atoms with Gasteiger partial charge in [-0.1, -0.05) is 188 Å². The highest BCUT2D eigenvalue weighted by atomic mass is 16.6. The first kappa shape index (κ1) is 45.4. The lowest BCUT2D eigenvalue weighted by Crippen LogP contribution is -2.30. The van der Waals surface area contributed by atoms with Crippen LogP contribution in [-0.2, 0) is 28.6 Å². The Labute approximate surface area is 291 Å². The van der Waals surface area contributed by atoms with E-state index in [4.69, 9.17) is 14.2 Å². The third kappa shape index (κ3) is 35.5. The van der Waals surface area contributed by atoms with Crippen molar-refractivity contribution in [2.24, 2.45) is 0 Å². The van der Waals surface area contributed by atoms with E-state index in [1.54, 1.807) is 0 Å². The highest BCUT2D eigenvalue weighted by molar-refractivity contribution is 5.71. The summed E-state index contributed by atoms with van der Waals surface area (Å²) in [6.45, 7) is 6.57. The Bertz CT molecular complexity index is 693. The first-order valence-electron chi connectivity index (χ1n) is 20.5. The molecule has 0 bridgehead atoms. The average Bonchev–Trinajstić information content (AvgIpc) is 3.06. The van der Waals surface area contributed by atoms with Gasteiger partial charge in [0.05, 0.1) is 0 Å². The normalized spacial score (nSPS) is 11.8. The highest BCUT2D eigenvalue weighted by Crippen LogP contribution is 2.15. The average molecular weight is 667 g/mol. The molecule has 0 aromatic rings. The molecule has 0 aliphatic heterocycles. The smallest absolute Gasteiger partial charge is 0.306 e. The fraction of sp³-hybridized carbons (Fsp3) is 0.927. The molecule has 0 saturated carbocycles. The maximum Gasteiger partial charge on any atom is 0.306 e. The van der Waals surface area contributed by atoms with E-state index in [-0.39, 0.29) is 31.1 Å². The predicted molar refractivity (Wildman–Crippen MR) is 197 cm³/mol. The van der Waals surface area contributed by atoms with Gasteiger partial charge in [-0.15, -0.1) is 0 Å². The molecule has 6 heteroatoms. The van der Waals surface area contributed by atoms with Gasteiger partial charge >= 0.3 is 17.9 Å². The lowest BCUT2D eigenvalue weighted by atomic mass is 10.0. The summed E-state index contributed by atoms with van der Waals surface area (Å²) in [7, 11) is 0. The van der Waals surface area contributed by atoms with Gasteiger partial charge in [0, 0.05) is 19.3 Å². The summed E-state index contributed by atoms with van der Waals surface area (Å²) in [5, 5.41) is 0. The van der Waals surface area contributed by atoms with Crippen molar-refractivity contribution in [2.45, 2.75) is 232 Å². The number of carbonyl (C=O) groups excluding carboxylic acids is 3. The van der Waals surface area contributed by atoms with Gasteiger partial charge in [-0.25, -0.2) is 0 Å². The first-order chi connectivity index (χ1) is 23.0. The molecular weight excluding hydrogens is 588 g/mol. The second-order valence-electron chi connectivity index (χ2n) is 13.9. The molecule has 47 heavy (non-hydrogen) atoms. The topological polar surface area (TPSA) is 78.9 Å². The van der Waals surface area contributed by atoms with Crippen LogP contribution in [-0.4, -0.2) is 37.2 Å². The van der Waals surface area contributed by atoms with Crippen molar-refractivity contribution in [2.75, 3.05) is 13.2 Å². The van der Waals surface area contributed by atoms with Crippen LogP contribution >= 0.6 is 0 Å². The molecule has 0 heterocycles. The van der Waals surface area contributed by atoms with Crippen molar-refractivity contribution in [3.8, 4) is 0 Å². The molecule has 0 saturated heterocycles. The van der Waals surface area contributed by atoms with E-state index in [0.29, 0.717) is 19.3 Å². The lowest BCUT2D eigenvalue weighted by molar-refractivity contribution is -0.167. The van der Waals surface area contributed by atoms with E-state index in [9.17, 15) is 14.4 Å². The van der Waals surface area contributed by atoms with Gasteiger partial charge in [0.15, 0.2) is 6.10 Å². The monoisotopic (exact) mass is 667 g/mol. The number of ether oxygens (including phenoxy) is 3. The van der Waals surface area contributed by atoms with Crippen molar-refractivity contribution in [3.05, 3.63) is 0 Å². The van der Waals surface area contributed by atoms with E-state index >= 15 is 0 Å². The van der Waals surface area contributed by atoms with Crippen molar-refractivity contribution < 1.29 is 28.6 Å². The number of carbonyl (C=O) groups is 3. The third-order valence-corrected chi connectivity index (χ3v) is 9.11. The molecule has 1 atom stereocenters. The fourth-order valence-corrected chi connectivity index (χ4v) is 5.97. The van der Waals surface area contributed by atoms with Crippen LogP contribution in [0.15, 0.2) is 0 Å². The number of hydrogen-bond acceptors (Lipinski definition) is 6. The molecular formula is C41H78O6. The summed E-state index contributed by atoms with van der Waals surface area (Å²) in [6.07, 6.45) is 35.2. The molecule has 0 fully saturated rings. The van der Waals surface area contributed by atoms with Gasteiger partial charge in [0.25, 0.3) is 0 Å². The largest absolute Gasteiger partial charge is 0.462 e. The maximum absolute atomic E-state index is 12.5. The Balaban J connectivity index is 4.26. The molecule has 0 N–H and O–H groups in total. The van der Waals surface area contributed by atoms with E-state index < -0.39 is 6.10 Å². The van der Waals surface area contributed by atoms with Crippen LogP contribution in [0.25, 0.3) is 0 Å². The third-order valence-electron chi connectivity index (χ3n) is 9.11. The van der Waals surface area contributed by atoms with Crippen LogP contribution in [0.3, 0.4) is 0 Å². The van der Waals surface area contributed by atoms with Crippen LogP contribution < -0.4 is 0 Å². The van der Waals surface area contributed by atoms with Crippen molar-refractivity contribution in [3.63, 3.8) is 0 Å². The second kappa shape index (κ2) is 37.2. The first-order valence-corrected chi connectivity index (χ1v) is 20.5. The second-order valence-corrected chi connectivity index (χ2v) is 13.9. The Kier molecular flexibility index (Phi) is 36.0. The highest BCUT2D eigenvalue weighted by Gasteiger charge is 2.19. The minimum atomic E-state index is -0.755. The summed E-state index contributed by atoms with van der Waals surface area (Å²) >= 11 is 0. The van der Waals surface area contributed by atoms with Crippen LogP contribution in [0.5, 0.6) is 0 Å². The molecule has 6 nitrogen and oxygen atoms in total. The van der Waals surface area contributed by atoms with Gasteiger partial charge in [-0.2, -0.15) is 0 Å². The van der Waals surface area contributed by atoms with Crippen LogP contribution in [0.2, 0.25) is 0 Å². The minimum absolute atomic E-state index is 0.0641. The zero-order valence-electron chi connectivity index (χ0n) is 31.6. The zero-order valence-corrected chi connectivity index (χ0v) is 31.6. The maximum atomic E-state index is 12.5. The van der Waals surface area contributed by atoms with Gasteiger partial charge in [0.1, 0.15) is 13.2 Å². The SMILES string of the molecule is CCCCCCCCCCCCCCCC(=O)OC[C@@H](COC(=O)CCCCCCCCCCC)OC(=O)CCCCCCCCC. The number of rotatable bonds is 37. The molecule has 278 valence electrons. The van der Waals surface area contributed by atoms with Gasteiger partial charge in [0.2, 0.25) is 0 Å². The number of esters is 3. The van der Waals surface area contributed by atoms with Crippen molar-refractivity contribution in [1.29, 1.82) is 0 Å². The zero-order chi connectivity index (χ0) is 34.5. The Hall–Kier alpha value is -1.59. The lowest BCUT2D eigenvalue weighted by Gasteiger charge is -2.18. The van der Waals surface area contributed by atoms with Crippen LogP contribution in [0.1, 0.15) is 226 Å². The van der Waals surface area contributed by atoms with Crippen molar-refractivity contribution in [1.82, 2.24) is 0 Å². The number of unbranched alkanes of at least 4 members (excludes halogenated alkanes) is 26. The quantitative estimate of drug-likeness (QED) is 0.0373. The summed E-state index contributed by atoms with van der Waals surface area (Å²) in [5.74, 6) is -0.868. The van der Waals surface area contributed by atoms with Crippen LogP contribution in [0.4, 0.5) is 0 Å². The van der Waals surface area contributed by atoms with Gasteiger partial charge in [-0.05, 0) is 19.3 Å². The summed E-state index contributed by atoms with van der Waals surface area (Å²) < 4.78 is 16.6. The Morgan fingerprint density at radius 1 is 0.340 bits per heavy atom. The van der Waals surface area contributed by atoms with Gasteiger partial charge < -0.3 is 14.2 Å². The van der Waals surface area contributed by atoms with Gasteiger partial charge in [-0.3, -0.25) is 14.4 Å².